The minimum Gasteiger partial charge on any atom is -0.454 e. The van der Waals surface area contributed by atoms with Crippen LogP contribution in [0.2, 0.25) is 0 Å². The molecule has 0 bridgehead atoms. The minimum absolute atomic E-state index is 0.0968. The number of ether oxygens (including phenoxy) is 2. The Morgan fingerprint density at radius 3 is 2.57 bits per heavy atom. The molecule has 144 valence electrons. The number of nitrogens with zero attached hydrogens (tertiary/aromatic N) is 2. The molecule has 0 saturated heterocycles. The monoisotopic (exact) mass is 379 g/mol. The number of nitrogens with one attached hydrogen (secondary N) is 1. The lowest BCUT2D eigenvalue weighted by Crippen LogP contribution is -2.14. The summed E-state index contributed by atoms with van der Waals surface area (Å²) in [5.41, 5.74) is 3.17. The second-order valence-corrected chi connectivity index (χ2v) is 6.99. The van der Waals surface area contributed by atoms with Crippen molar-refractivity contribution in [2.75, 3.05) is 12.1 Å². The van der Waals surface area contributed by atoms with E-state index in [4.69, 9.17) is 13.9 Å². The molecule has 0 unspecified atom stereocenters. The van der Waals surface area contributed by atoms with Gasteiger partial charge < -0.3 is 13.9 Å². The first-order valence-corrected chi connectivity index (χ1v) is 9.16. The molecule has 2 heterocycles. The molecule has 3 aromatic rings. The highest BCUT2D eigenvalue weighted by molar-refractivity contribution is 5.90. The van der Waals surface area contributed by atoms with Gasteiger partial charge in [-0.3, -0.25) is 10.1 Å². The number of fused-ring (bicyclic) bond motifs is 1. The maximum atomic E-state index is 12.2. The van der Waals surface area contributed by atoms with Crippen molar-refractivity contribution < 1.29 is 18.7 Å². The van der Waals surface area contributed by atoms with Gasteiger partial charge in [-0.1, -0.05) is 49.3 Å². The molecule has 4 rings (SSSR count). The molecular weight excluding hydrogens is 358 g/mol. The van der Waals surface area contributed by atoms with E-state index in [9.17, 15) is 4.79 Å². The van der Waals surface area contributed by atoms with E-state index in [1.54, 1.807) is 12.1 Å². The van der Waals surface area contributed by atoms with Gasteiger partial charge >= 0.3 is 6.01 Å². The van der Waals surface area contributed by atoms with Gasteiger partial charge in [-0.25, -0.2) is 0 Å². The molecule has 7 nitrogen and oxygen atoms in total. The molecular formula is C21H21N3O4. The van der Waals surface area contributed by atoms with Gasteiger partial charge in [0.15, 0.2) is 11.5 Å². The highest BCUT2D eigenvalue weighted by Crippen LogP contribution is 2.32. The van der Waals surface area contributed by atoms with Gasteiger partial charge in [0.25, 0.3) is 0 Å². The Morgan fingerprint density at radius 2 is 1.79 bits per heavy atom. The van der Waals surface area contributed by atoms with Crippen LogP contribution in [0, 0.1) is 0 Å². The van der Waals surface area contributed by atoms with Crippen LogP contribution in [-0.2, 0) is 17.6 Å². The number of rotatable bonds is 6. The molecule has 1 amide bonds. The summed E-state index contributed by atoms with van der Waals surface area (Å²) in [6.07, 6.45) is 0.689. The van der Waals surface area contributed by atoms with Crippen molar-refractivity contribution in [3.63, 3.8) is 0 Å². The number of benzene rings is 2. The third-order valence-electron chi connectivity index (χ3n) is 4.52. The summed E-state index contributed by atoms with van der Waals surface area (Å²) >= 11 is 0. The maximum Gasteiger partial charge on any atom is 0.322 e. The Morgan fingerprint density at radius 1 is 1.04 bits per heavy atom. The first-order valence-electron chi connectivity index (χ1n) is 9.16. The van der Waals surface area contributed by atoms with Crippen molar-refractivity contribution in [1.82, 2.24) is 10.2 Å². The van der Waals surface area contributed by atoms with Gasteiger partial charge in [0.1, 0.15) is 0 Å². The summed E-state index contributed by atoms with van der Waals surface area (Å²) < 4.78 is 16.1. The normalized spacial score (nSPS) is 12.4. The lowest BCUT2D eigenvalue weighted by molar-refractivity contribution is -0.115. The number of hydrogen-bond donors (Lipinski definition) is 1. The second kappa shape index (κ2) is 7.72. The molecule has 1 aliphatic heterocycles. The van der Waals surface area contributed by atoms with Crippen LogP contribution in [0.25, 0.3) is 0 Å². The van der Waals surface area contributed by atoms with Crippen LogP contribution in [0.1, 0.15) is 42.3 Å². The van der Waals surface area contributed by atoms with Gasteiger partial charge in [0.2, 0.25) is 18.6 Å². The lowest BCUT2D eigenvalue weighted by atomic mass is 10.0. The Kier molecular flexibility index (Phi) is 4.97. The Labute approximate surface area is 162 Å². The van der Waals surface area contributed by atoms with Gasteiger partial charge in [-0.2, -0.15) is 0 Å². The van der Waals surface area contributed by atoms with E-state index < -0.39 is 0 Å². The van der Waals surface area contributed by atoms with Crippen LogP contribution in [-0.4, -0.2) is 22.9 Å². The summed E-state index contributed by atoms with van der Waals surface area (Å²) in [4.78, 5) is 12.2. The van der Waals surface area contributed by atoms with Crippen LogP contribution >= 0.6 is 0 Å². The van der Waals surface area contributed by atoms with Crippen LogP contribution in [0.15, 0.2) is 46.9 Å². The number of carbonyl (C=O) groups is 1. The Balaban J connectivity index is 1.34. The van der Waals surface area contributed by atoms with Crippen molar-refractivity contribution in [3.05, 3.63) is 65.0 Å². The van der Waals surface area contributed by atoms with E-state index in [0.717, 1.165) is 11.1 Å². The minimum atomic E-state index is -0.240. The van der Waals surface area contributed by atoms with E-state index in [2.05, 4.69) is 53.6 Å². The number of hydrogen-bond acceptors (Lipinski definition) is 6. The maximum absolute atomic E-state index is 12.2. The summed E-state index contributed by atoms with van der Waals surface area (Å²) in [7, 11) is 0. The quantitative estimate of drug-likeness (QED) is 0.703. The predicted octanol–water partition coefficient (Wildman–Crippen LogP) is 3.69. The molecule has 0 aliphatic carbocycles. The highest BCUT2D eigenvalue weighted by Gasteiger charge is 2.16. The molecule has 7 heteroatoms. The van der Waals surface area contributed by atoms with Gasteiger partial charge in [0.05, 0.1) is 12.8 Å². The SMILES string of the molecule is CC(C)c1ccc(Cc2nnc(NC(=O)Cc3ccc4c(c3)OCO4)o2)cc1. The molecule has 28 heavy (non-hydrogen) atoms. The average molecular weight is 379 g/mol. The van der Waals surface area contributed by atoms with Crippen molar-refractivity contribution in [2.45, 2.75) is 32.6 Å². The molecule has 0 radical (unpaired) electrons. The third kappa shape index (κ3) is 4.14. The zero-order chi connectivity index (χ0) is 19.5. The highest BCUT2D eigenvalue weighted by atomic mass is 16.7. The molecule has 1 aliphatic rings. The second-order valence-electron chi connectivity index (χ2n) is 6.99. The largest absolute Gasteiger partial charge is 0.454 e. The first-order chi connectivity index (χ1) is 13.6. The topological polar surface area (TPSA) is 86.5 Å². The van der Waals surface area contributed by atoms with E-state index in [1.807, 2.05) is 6.07 Å². The van der Waals surface area contributed by atoms with Crippen LogP contribution in [0.5, 0.6) is 11.5 Å². The zero-order valence-corrected chi connectivity index (χ0v) is 15.8. The average Bonchev–Trinajstić information content (AvgIpc) is 3.31. The molecule has 0 saturated carbocycles. The molecule has 2 aromatic carbocycles. The van der Waals surface area contributed by atoms with E-state index in [-0.39, 0.29) is 25.1 Å². The van der Waals surface area contributed by atoms with E-state index in [0.29, 0.717) is 29.7 Å². The lowest BCUT2D eigenvalue weighted by Gasteiger charge is -2.05. The molecule has 0 atom stereocenters. The van der Waals surface area contributed by atoms with Crippen LogP contribution < -0.4 is 14.8 Å². The van der Waals surface area contributed by atoms with Crippen molar-refractivity contribution in [3.8, 4) is 11.5 Å². The van der Waals surface area contributed by atoms with E-state index in [1.165, 1.54) is 5.56 Å². The van der Waals surface area contributed by atoms with Crippen molar-refractivity contribution in [2.24, 2.45) is 0 Å². The van der Waals surface area contributed by atoms with Crippen molar-refractivity contribution in [1.29, 1.82) is 0 Å². The third-order valence-corrected chi connectivity index (χ3v) is 4.52. The zero-order valence-electron chi connectivity index (χ0n) is 15.8. The summed E-state index contributed by atoms with van der Waals surface area (Å²) in [6, 6.07) is 13.8. The number of aromatic nitrogens is 2. The smallest absolute Gasteiger partial charge is 0.322 e. The van der Waals surface area contributed by atoms with Gasteiger partial charge in [0, 0.05) is 0 Å². The molecule has 1 aromatic heterocycles. The van der Waals surface area contributed by atoms with Gasteiger partial charge in [-0.15, -0.1) is 5.10 Å². The fourth-order valence-corrected chi connectivity index (χ4v) is 2.97. The van der Waals surface area contributed by atoms with Crippen LogP contribution in [0.4, 0.5) is 6.01 Å². The Hall–Kier alpha value is -3.35. The fraction of sp³-hybridized carbons (Fsp3) is 0.286. The first kappa shape index (κ1) is 18.0. The number of carbonyl (C=O) groups excluding carboxylic acids is 1. The Bertz CT molecular complexity index is 980. The van der Waals surface area contributed by atoms with Crippen LogP contribution in [0.3, 0.4) is 0 Å². The molecule has 0 fully saturated rings. The molecule has 1 N–H and O–H groups in total. The molecule has 0 spiro atoms. The van der Waals surface area contributed by atoms with Gasteiger partial charge in [-0.05, 0) is 34.7 Å². The van der Waals surface area contributed by atoms with E-state index >= 15 is 0 Å². The summed E-state index contributed by atoms with van der Waals surface area (Å²) in [5, 5.41) is 10.5. The standard InChI is InChI=1S/C21H21N3O4/c1-13(2)16-6-3-14(4-7-16)11-20-23-24-21(28-20)22-19(25)10-15-5-8-17-18(9-15)27-12-26-17/h3-9,13H,10-12H2,1-2H3,(H,22,24,25). The summed E-state index contributed by atoms with van der Waals surface area (Å²) in [5.74, 6) is 2.04. The number of anilines is 1. The summed E-state index contributed by atoms with van der Waals surface area (Å²) in [6.45, 7) is 4.52. The predicted molar refractivity (Wildman–Crippen MR) is 103 cm³/mol. The fourth-order valence-electron chi connectivity index (χ4n) is 2.97. The van der Waals surface area contributed by atoms with Crippen molar-refractivity contribution >= 4 is 11.9 Å². The number of amides is 1.